The Hall–Kier alpha value is -1.92. The number of carbonyl (C=O) groups is 2. The van der Waals surface area contributed by atoms with Crippen LogP contribution in [0.4, 0.5) is 0 Å². The number of hydrogen-bond donors (Lipinski definition) is 3. The Morgan fingerprint density at radius 3 is 2.23 bits per heavy atom. The third kappa shape index (κ3) is 5.46. The fourth-order valence-electron chi connectivity index (χ4n) is 1.99. The average molecular weight is 309 g/mol. The molecule has 0 aromatic heterocycles. The Bertz CT molecular complexity index is 509. The molecule has 0 saturated heterocycles. The molecule has 1 unspecified atom stereocenters. The van der Waals surface area contributed by atoms with Gasteiger partial charge in [0.2, 0.25) is 0 Å². The number of carboxylic acid groups (broad SMARTS) is 1. The lowest BCUT2D eigenvalue weighted by Gasteiger charge is -2.28. The van der Waals surface area contributed by atoms with E-state index in [-0.39, 0.29) is 6.42 Å². The van der Waals surface area contributed by atoms with Crippen LogP contribution < -0.4 is 5.73 Å². The zero-order valence-electron chi connectivity index (χ0n) is 13.0. The van der Waals surface area contributed by atoms with Crippen LogP contribution in [0, 0.1) is 5.92 Å². The third-order valence-corrected chi connectivity index (χ3v) is 3.07. The molecule has 0 spiro atoms. The molecule has 0 aliphatic rings. The van der Waals surface area contributed by atoms with Gasteiger partial charge in [-0.3, -0.25) is 9.59 Å². The van der Waals surface area contributed by atoms with Crippen molar-refractivity contribution in [3.63, 3.8) is 0 Å². The maximum atomic E-state index is 12.3. The van der Waals surface area contributed by atoms with Gasteiger partial charge in [0.1, 0.15) is 11.6 Å². The molecule has 0 aliphatic carbocycles. The lowest BCUT2D eigenvalue weighted by atomic mass is 9.90. The van der Waals surface area contributed by atoms with Gasteiger partial charge in [-0.25, -0.2) is 0 Å². The molecule has 0 radical (unpaired) electrons. The number of carbonyl (C=O) groups excluding carboxylic acids is 1. The fraction of sp³-hybridized carbons (Fsp3) is 0.500. The highest BCUT2D eigenvalue weighted by Gasteiger charge is 2.37. The maximum Gasteiger partial charge on any atom is 0.323 e. The minimum atomic E-state index is -1.55. The van der Waals surface area contributed by atoms with Gasteiger partial charge in [0.05, 0.1) is 12.0 Å². The minimum Gasteiger partial charge on any atom is -0.480 e. The maximum absolute atomic E-state index is 12.3. The summed E-state index contributed by atoms with van der Waals surface area (Å²) < 4.78 is 5.28. The number of carboxylic acids is 1. The summed E-state index contributed by atoms with van der Waals surface area (Å²) in [5.74, 6) is -3.08. The van der Waals surface area contributed by atoms with E-state index in [1.807, 2.05) is 6.07 Å². The van der Waals surface area contributed by atoms with E-state index in [2.05, 4.69) is 0 Å². The molecule has 1 aromatic carbocycles. The lowest BCUT2D eigenvalue weighted by Crippen LogP contribution is -2.49. The van der Waals surface area contributed by atoms with Crippen LogP contribution >= 0.6 is 0 Å². The van der Waals surface area contributed by atoms with Gasteiger partial charge in [0.25, 0.3) is 0 Å². The summed E-state index contributed by atoms with van der Waals surface area (Å²) in [5, 5.41) is 19.1. The highest BCUT2D eigenvalue weighted by atomic mass is 16.6. The van der Waals surface area contributed by atoms with Crippen LogP contribution in [-0.4, -0.2) is 39.9 Å². The number of aliphatic hydroxyl groups is 1. The van der Waals surface area contributed by atoms with Gasteiger partial charge < -0.3 is 20.7 Å². The predicted molar refractivity (Wildman–Crippen MR) is 81.1 cm³/mol. The standard InChI is InChI=1S/C16H23NO5/c1-16(2,3)22-15(21)11(13(18)12(17)14(19)20)9-10-7-5-4-6-8-10/h4-8,11-13,18H,9,17H2,1-3H3,(H,19,20)/t11-,12?,13-/m0/s1. The van der Waals surface area contributed by atoms with Gasteiger partial charge in [0.15, 0.2) is 0 Å². The second kappa shape index (κ2) is 7.38. The van der Waals surface area contributed by atoms with Crippen molar-refractivity contribution in [1.82, 2.24) is 0 Å². The fourth-order valence-corrected chi connectivity index (χ4v) is 1.99. The zero-order valence-corrected chi connectivity index (χ0v) is 13.0. The molecule has 1 aromatic rings. The van der Waals surface area contributed by atoms with Crippen LogP contribution in [0.1, 0.15) is 26.3 Å². The molecule has 0 heterocycles. The van der Waals surface area contributed by atoms with Crippen molar-refractivity contribution in [3.8, 4) is 0 Å². The number of nitrogens with two attached hydrogens (primary N) is 1. The first-order valence-corrected chi connectivity index (χ1v) is 7.05. The summed E-state index contributed by atoms with van der Waals surface area (Å²) in [4.78, 5) is 23.3. The van der Waals surface area contributed by atoms with Gasteiger partial charge >= 0.3 is 11.9 Å². The summed E-state index contributed by atoms with van der Waals surface area (Å²) in [5.41, 5.74) is 5.51. The van der Waals surface area contributed by atoms with Crippen molar-refractivity contribution in [2.24, 2.45) is 11.7 Å². The van der Waals surface area contributed by atoms with Gasteiger partial charge in [-0.2, -0.15) is 0 Å². The summed E-state index contributed by atoms with van der Waals surface area (Å²) in [6, 6.07) is 7.44. The molecule has 0 aliphatic heterocycles. The van der Waals surface area contributed by atoms with Crippen molar-refractivity contribution >= 4 is 11.9 Å². The molecule has 6 nitrogen and oxygen atoms in total. The normalized spacial score (nSPS) is 15.7. The summed E-state index contributed by atoms with van der Waals surface area (Å²) >= 11 is 0. The van der Waals surface area contributed by atoms with E-state index in [4.69, 9.17) is 15.6 Å². The van der Waals surface area contributed by atoms with Crippen LogP contribution in [-0.2, 0) is 20.7 Å². The van der Waals surface area contributed by atoms with Crippen molar-refractivity contribution in [2.75, 3.05) is 0 Å². The molecule has 0 saturated carbocycles. The lowest BCUT2D eigenvalue weighted by molar-refractivity contribution is -0.165. The second-order valence-corrected chi connectivity index (χ2v) is 6.18. The number of ether oxygens (including phenoxy) is 1. The minimum absolute atomic E-state index is 0.151. The van der Waals surface area contributed by atoms with Crippen LogP contribution in [0.15, 0.2) is 30.3 Å². The molecule has 0 fully saturated rings. The van der Waals surface area contributed by atoms with E-state index in [1.165, 1.54) is 0 Å². The second-order valence-electron chi connectivity index (χ2n) is 6.18. The first-order chi connectivity index (χ1) is 10.1. The van der Waals surface area contributed by atoms with E-state index in [9.17, 15) is 14.7 Å². The molecule has 0 amide bonds. The third-order valence-electron chi connectivity index (χ3n) is 3.07. The highest BCUT2D eigenvalue weighted by Crippen LogP contribution is 2.20. The van der Waals surface area contributed by atoms with Crippen molar-refractivity contribution in [1.29, 1.82) is 0 Å². The largest absolute Gasteiger partial charge is 0.480 e. The Morgan fingerprint density at radius 1 is 1.23 bits per heavy atom. The van der Waals surface area contributed by atoms with E-state index in [0.29, 0.717) is 0 Å². The number of esters is 1. The van der Waals surface area contributed by atoms with Crippen molar-refractivity contribution in [2.45, 2.75) is 44.9 Å². The van der Waals surface area contributed by atoms with Gasteiger partial charge in [-0.15, -0.1) is 0 Å². The Labute approximate surface area is 129 Å². The zero-order chi connectivity index (χ0) is 16.9. The monoisotopic (exact) mass is 309 g/mol. The highest BCUT2D eigenvalue weighted by molar-refractivity contribution is 5.78. The smallest absolute Gasteiger partial charge is 0.323 e. The van der Waals surface area contributed by atoms with Gasteiger partial charge in [-0.1, -0.05) is 30.3 Å². The van der Waals surface area contributed by atoms with Crippen molar-refractivity contribution in [3.05, 3.63) is 35.9 Å². The van der Waals surface area contributed by atoms with Crippen LogP contribution in [0.2, 0.25) is 0 Å². The number of hydrogen-bond acceptors (Lipinski definition) is 5. The Balaban J connectivity index is 2.99. The van der Waals surface area contributed by atoms with Crippen LogP contribution in [0.3, 0.4) is 0 Å². The number of aliphatic hydroxyl groups excluding tert-OH is 1. The van der Waals surface area contributed by atoms with E-state index in [0.717, 1.165) is 5.56 Å². The first-order valence-electron chi connectivity index (χ1n) is 7.05. The van der Waals surface area contributed by atoms with Gasteiger partial charge in [-0.05, 0) is 32.8 Å². The van der Waals surface area contributed by atoms with E-state index in [1.54, 1.807) is 45.0 Å². The van der Waals surface area contributed by atoms with Gasteiger partial charge in [0, 0.05) is 0 Å². The van der Waals surface area contributed by atoms with Crippen LogP contribution in [0.25, 0.3) is 0 Å². The van der Waals surface area contributed by atoms with Crippen LogP contribution in [0.5, 0.6) is 0 Å². The molecule has 122 valence electrons. The molecular formula is C16H23NO5. The Morgan fingerprint density at radius 2 is 1.77 bits per heavy atom. The quantitative estimate of drug-likeness (QED) is 0.675. The molecule has 3 atom stereocenters. The summed E-state index contributed by atoms with van der Waals surface area (Å²) in [6.07, 6.45) is -1.38. The number of aliphatic carboxylic acids is 1. The number of benzene rings is 1. The summed E-state index contributed by atoms with van der Waals surface area (Å²) in [6.45, 7) is 5.11. The number of rotatable bonds is 6. The Kier molecular flexibility index (Phi) is 6.08. The SMILES string of the molecule is CC(C)(C)OC(=O)[C@@H](Cc1ccccc1)[C@H](O)C(N)C(=O)O. The molecule has 6 heteroatoms. The van der Waals surface area contributed by atoms with E-state index >= 15 is 0 Å². The molecule has 22 heavy (non-hydrogen) atoms. The summed E-state index contributed by atoms with van der Waals surface area (Å²) in [7, 11) is 0. The first kappa shape index (κ1) is 18.1. The van der Waals surface area contributed by atoms with E-state index < -0.39 is 35.6 Å². The average Bonchev–Trinajstić information content (AvgIpc) is 2.42. The molecule has 0 bridgehead atoms. The topological polar surface area (TPSA) is 110 Å². The predicted octanol–water partition coefficient (Wildman–Crippen LogP) is 0.960. The molecule has 1 rings (SSSR count). The molecular weight excluding hydrogens is 286 g/mol. The molecule has 4 N–H and O–H groups in total. The van der Waals surface area contributed by atoms with Crippen molar-refractivity contribution < 1.29 is 24.5 Å².